The molecule has 1 fully saturated rings. The van der Waals surface area contributed by atoms with Gasteiger partial charge in [0.05, 0.1) is 11.3 Å². The zero-order valence-corrected chi connectivity index (χ0v) is 14.1. The molecule has 126 valence electrons. The van der Waals surface area contributed by atoms with Gasteiger partial charge in [0.2, 0.25) is 5.91 Å². The van der Waals surface area contributed by atoms with E-state index in [9.17, 15) is 10.1 Å². The van der Waals surface area contributed by atoms with Crippen LogP contribution in [0.3, 0.4) is 0 Å². The molecule has 6 nitrogen and oxygen atoms in total. The number of anilines is 1. The zero-order valence-electron chi connectivity index (χ0n) is 14.1. The molecule has 3 rings (SSSR count). The first-order chi connectivity index (χ1) is 12.2. The summed E-state index contributed by atoms with van der Waals surface area (Å²) in [6.45, 7) is 4.45. The number of nitrogens with zero attached hydrogens (tertiary/aromatic N) is 5. The van der Waals surface area contributed by atoms with Crippen molar-refractivity contribution in [1.82, 2.24) is 14.9 Å². The van der Waals surface area contributed by atoms with Gasteiger partial charge in [-0.1, -0.05) is 6.07 Å². The third-order valence-corrected chi connectivity index (χ3v) is 4.10. The van der Waals surface area contributed by atoms with Crippen molar-refractivity contribution in [3.05, 3.63) is 59.6 Å². The fraction of sp³-hybridized carbons (Fsp3) is 0.263. The van der Waals surface area contributed by atoms with Gasteiger partial charge >= 0.3 is 0 Å². The van der Waals surface area contributed by atoms with Gasteiger partial charge in [0, 0.05) is 44.1 Å². The van der Waals surface area contributed by atoms with E-state index < -0.39 is 0 Å². The quantitative estimate of drug-likeness (QED) is 0.804. The highest BCUT2D eigenvalue weighted by molar-refractivity contribution is 5.91. The molecule has 0 radical (unpaired) electrons. The molecule has 1 aliphatic rings. The first-order valence-electron chi connectivity index (χ1n) is 8.18. The van der Waals surface area contributed by atoms with Crippen molar-refractivity contribution < 1.29 is 4.79 Å². The van der Waals surface area contributed by atoms with E-state index in [0.717, 1.165) is 11.4 Å². The largest absolute Gasteiger partial charge is 0.352 e. The average molecular weight is 333 g/mol. The van der Waals surface area contributed by atoms with Crippen LogP contribution in [0.25, 0.3) is 6.08 Å². The normalized spacial score (nSPS) is 14.6. The monoisotopic (exact) mass is 333 g/mol. The van der Waals surface area contributed by atoms with Gasteiger partial charge < -0.3 is 9.80 Å². The van der Waals surface area contributed by atoms with E-state index in [0.29, 0.717) is 37.6 Å². The summed E-state index contributed by atoms with van der Waals surface area (Å²) in [4.78, 5) is 24.9. The topological polar surface area (TPSA) is 73.1 Å². The molecule has 0 bridgehead atoms. The number of nitriles is 1. The number of aryl methyl sites for hydroxylation is 1. The van der Waals surface area contributed by atoms with Crippen molar-refractivity contribution in [2.75, 3.05) is 31.1 Å². The van der Waals surface area contributed by atoms with Crippen LogP contribution in [0.1, 0.15) is 17.0 Å². The molecule has 1 aliphatic heterocycles. The maximum atomic E-state index is 12.3. The lowest BCUT2D eigenvalue weighted by atomic mass is 10.2. The van der Waals surface area contributed by atoms with Gasteiger partial charge in [-0.15, -0.1) is 0 Å². The van der Waals surface area contributed by atoms with Crippen LogP contribution >= 0.6 is 0 Å². The third-order valence-electron chi connectivity index (χ3n) is 4.10. The summed E-state index contributed by atoms with van der Waals surface area (Å²) in [5.41, 5.74) is 2.26. The van der Waals surface area contributed by atoms with Crippen LogP contribution in [0, 0.1) is 18.3 Å². The number of carbonyl (C=O) groups is 1. The minimum Gasteiger partial charge on any atom is -0.352 e. The number of carbonyl (C=O) groups excluding carboxylic acids is 1. The van der Waals surface area contributed by atoms with E-state index >= 15 is 0 Å². The van der Waals surface area contributed by atoms with Crippen LogP contribution in [-0.2, 0) is 4.79 Å². The smallest absolute Gasteiger partial charge is 0.246 e. The predicted molar refractivity (Wildman–Crippen MR) is 95.8 cm³/mol. The van der Waals surface area contributed by atoms with Crippen molar-refractivity contribution in [3.8, 4) is 6.07 Å². The van der Waals surface area contributed by atoms with Crippen LogP contribution in [0.5, 0.6) is 0 Å². The number of hydrogen-bond acceptors (Lipinski definition) is 5. The summed E-state index contributed by atoms with van der Waals surface area (Å²) in [5.74, 6) is 0.668. The third kappa shape index (κ3) is 4.01. The van der Waals surface area contributed by atoms with E-state index in [1.807, 2.05) is 30.0 Å². The van der Waals surface area contributed by atoms with Crippen molar-refractivity contribution in [1.29, 1.82) is 5.26 Å². The van der Waals surface area contributed by atoms with Crippen LogP contribution in [0.15, 0.2) is 42.6 Å². The Morgan fingerprint density at radius 1 is 1.20 bits per heavy atom. The highest BCUT2D eigenvalue weighted by Gasteiger charge is 2.22. The highest BCUT2D eigenvalue weighted by atomic mass is 16.2. The van der Waals surface area contributed by atoms with Crippen molar-refractivity contribution in [3.63, 3.8) is 0 Å². The molecule has 2 aromatic heterocycles. The number of amides is 1. The van der Waals surface area contributed by atoms with Crippen LogP contribution < -0.4 is 4.90 Å². The number of rotatable bonds is 3. The summed E-state index contributed by atoms with van der Waals surface area (Å²) in [6, 6.07) is 11.4. The molecule has 0 atom stereocenters. The van der Waals surface area contributed by atoms with E-state index in [1.165, 1.54) is 0 Å². The molecule has 0 aromatic carbocycles. The van der Waals surface area contributed by atoms with E-state index in [-0.39, 0.29) is 5.91 Å². The predicted octanol–water partition coefficient (Wildman–Crippen LogP) is 2.02. The van der Waals surface area contributed by atoms with Crippen molar-refractivity contribution >= 4 is 17.8 Å². The molecule has 2 aromatic rings. The second-order valence-electron chi connectivity index (χ2n) is 5.84. The first-order valence-corrected chi connectivity index (χ1v) is 8.18. The Balaban J connectivity index is 1.60. The second kappa shape index (κ2) is 7.58. The molecule has 0 unspecified atom stereocenters. The Kier molecular flexibility index (Phi) is 5.05. The molecule has 6 heteroatoms. The molecular weight excluding hydrogens is 314 g/mol. The fourth-order valence-corrected chi connectivity index (χ4v) is 2.79. The maximum absolute atomic E-state index is 12.3. The summed E-state index contributed by atoms with van der Waals surface area (Å²) in [5, 5.41) is 9.19. The van der Waals surface area contributed by atoms with Gasteiger partial charge in [-0.05, 0) is 37.3 Å². The first kappa shape index (κ1) is 16.7. The number of pyridine rings is 2. The van der Waals surface area contributed by atoms with Gasteiger partial charge in [-0.3, -0.25) is 9.78 Å². The van der Waals surface area contributed by atoms with Gasteiger partial charge in [-0.2, -0.15) is 5.26 Å². The van der Waals surface area contributed by atoms with E-state index in [2.05, 4.69) is 16.0 Å². The Labute approximate surface area is 147 Å². The lowest BCUT2D eigenvalue weighted by Gasteiger charge is -2.35. The Bertz CT molecular complexity index is 832. The van der Waals surface area contributed by atoms with Gasteiger partial charge in [0.15, 0.2) is 0 Å². The Hall–Kier alpha value is -3.20. The van der Waals surface area contributed by atoms with Crippen molar-refractivity contribution in [2.24, 2.45) is 0 Å². The highest BCUT2D eigenvalue weighted by Crippen LogP contribution is 2.18. The summed E-state index contributed by atoms with van der Waals surface area (Å²) in [7, 11) is 0. The fourth-order valence-electron chi connectivity index (χ4n) is 2.79. The number of piperazine rings is 1. The van der Waals surface area contributed by atoms with Gasteiger partial charge in [0.1, 0.15) is 11.9 Å². The number of hydrogen-bond donors (Lipinski definition) is 0. The summed E-state index contributed by atoms with van der Waals surface area (Å²) in [6.07, 6.45) is 5.00. The minimum atomic E-state index is -0.0236. The lowest BCUT2D eigenvalue weighted by molar-refractivity contribution is -0.126. The Morgan fingerprint density at radius 2 is 2.00 bits per heavy atom. The average Bonchev–Trinajstić information content (AvgIpc) is 2.66. The molecular formula is C19H19N5O. The number of aromatic nitrogens is 2. The maximum Gasteiger partial charge on any atom is 0.246 e. The molecule has 1 amide bonds. The molecule has 0 saturated carbocycles. The van der Waals surface area contributed by atoms with E-state index in [4.69, 9.17) is 0 Å². The van der Waals surface area contributed by atoms with Crippen molar-refractivity contribution in [2.45, 2.75) is 6.92 Å². The van der Waals surface area contributed by atoms with Crippen LogP contribution in [0.4, 0.5) is 5.82 Å². The minimum absolute atomic E-state index is 0.0236. The van der Waals surface area contributed by atoms with Gasteiger partial charge in [0.25, 0.3) is 0 Å². The molecule has 0 aliphatic carbocycles. The molecule has 0 N–H and O–H groups in total. The summed E-state index contributed by atoms with van der Waals surface area (Å²) >= 11 is 0. The van der Waals surface area contributed by atoms with Crippen LogP contribution in [0.2, 0.25) is 0 Å². The SMILES string of the molecule is Cc1cccc(/C=C/C(=O)N2CCN(c3ncccc3C#N)CC2)n1. The second-order valence-corrected chi connectivity index (χ2v) is 5.84. The van der Waals surface area contributed by atoms with Crippen LogP contribution in [-0.4, -0.2) is 47.0 Å². The van der Waals surface area contributed by atoms with E-state index in [1.54, 1.807) is 35.4 Å². The standard InChI is InChI=1S/C19H19N5O/c1-15-4-2-6-17(22-15)7-8-18(25)23-10-12-24(13-11-23)19-16(14-20)5-3-9-21-19/h2-9H,10-13H2,1H3/b8-7+. The lowest BCUT2D eigenvalue weighted by Crippen LogP contribution is -2.48. The molecule has 25 heavy (non-hydrogen) atoms. The van der Waals surface area contributed by atoms with Gasteiger partial charge in [-0.25, -0.2) is 4.98 Å². The molecule has 3 heterocycles. The summed E-state index contributed by atoms with van der Waals surface area (Å²) < 4.78 is 0. The Morgan fingerprint density at radius 3 is 2.72 bits per heavy atom. The zero-order chi connectivity index (χ0) is 17.6. The molecule has 1 saturated heterocycles. The molecule has 0 spiro atoms.